The highest BCUT2D eigenvalue weighted by molar-refractivity contribution is 5.69. The van der Waals surface area contributed by atoms with E-state index in [0.29, 0.717) is 5.75 Å². The Morgan fingerprint density at radius 3 is 2.53 bits per heavy atom. The summed E-state index contributed by atoms with van der Waals surface area (Å²) in [7, 11) is 1.60. The highest BCUT2D eigenvalue weighted by atomic mass is 16.5. The molecule has 0 bridgehead atoms. The molecule has 1 aliphatic heterocycles. The molecule has 19 heavy (non-hydrogen) atoms. The van der Waals surface area contributed by atoms with Gasteiger partial charge >= 0.3 is 0 Å². The van der Waals surface area contributed by atoms with Crippen molar-refractivity contribution in [3.05, 3.63) is 29.3 Å². The van der Waals surface area contributed by atoms with Crippen molar-refractivity contribution in [3.63, 3.8) is 0 Å². The van der Waals surface area contributed by atoms with Crippen molar-refractivity contribution in [2.24, 2.45) is 0 Å². The van der Waals surface area contributed by atoms with Crippen LogP contribution in [-0.2, 0) is 0 Å². The Labute approximate surface area is 113 Å². The van der Waals surface area contributed by atoms with Crippen LogP contribution in [0.2, 0.25) is 0 Å². The predicted octanol–water partition coefficient (Wildman–Crippen LogP) is 2.73. The van der Waals surface area contributed by atoms with E-state index in [9.17, 15) is 0 Å². The van der Waals surface area contributed by atoms with Gasteiger partial charge in [0.1, 0.15) is 23.5 Å². The number of nitrogens with zero attached hydrogens (tertiary/aromatic N) is 3. The van der Waals surface area contributed by atoms with Crippen LogP contribution in [0.1, 0.15) is 18.4 Å². The van der Waals surface area contributed by atoms with Crippen LogP contribution >= 0.6 is 0 Å². The van der Waals surface area contributed by atoms with E-state index >= 15 is 0 Å². The second-order valence-electron chi connectivity index (χ2n) is 4.40. The first-order valence-corrected chi connectivity index (χ1v) is 6.23. The van der Waals surface area contributed by atoms with Gasteiger partial charge in [-0.05, 0) is 31.1 Å². The normalized spacial score (nSPS) is 13.5. The van der Waals surface area contributed by atoms with E-state index in [0.717, 1.165) is 24.3 Å². The third kappa shape index (κ3) is 2.86. The van der Waals surface area contributed by atoms with Crippen molar-refractivity contribution in [2.75, 3.05) is 25.1 Å². The number of ether oxygens (including phenoxy) is 1. The molecule has 1 aliphatic rings. The summed E-state index contributed by atoms with van der Waals surface area (Å²) in [4.78, 5) is 2.31. The lowest BCUT2D eigenvalue weighted by molar-refractivity contribution is 0.414. The van der Waals surface area contributed by atoms with Crippen LogP contribution in [0.5, 0.6) is 5.75 Å². The SMILES string of the molecule is COc1cc(N2CCCC2)ccc1C=C(C#N)C#N. The minimum absolute atomic E-state index is 0.0761. The molecule has 0 spiro atoms. The van der Waals surface area contributed by atoms with Gasteiger partial charge in [0, 0.05) is 30.4 Å². The molecule has 0 amide bonds. The van der Waals surface area contributed by atoms with Crippen LogP contribution in [-0.4, -0.2) is 20.2 Å². The molecule has 1 aromatic carbocycles. The number of rotatable bonds is 3. The standard InChI is InChI=1S/C15H15N3O/c1-19-15-9-14(18-6-2-3-7-18)5-4-13(15)8-12(10-16)11-17/h4-5,8-9H,2-3,6-7H2,1H3. The lowest BCUT2D eigenvalue weighted by Crippen LogP contribution is -2.17. The van der Waals surface area contributed by atoms with Gasteiger partial charge in [0.25, 0.3) is 0 Å². The van der Waals surface area contributed by atoms with Crippen LogP contribution in [0.4, 0.5) is 5.69 Å². The van der Waals surface area contributed by atoms with Gasteiger partial charge in [-0.3, -0.25) is 0 Å². The molecule has 0 N–H and O–H groups in total. The first-order chi connectivity index (χ1) is 9.28. The van der Waals surface area contributed by atoms with Crippen molar-refractivity contribution in [2.45, 2.75) is 12.8 Å². The van der Waals surface area contributed by atoms with Gasteiger partial charge in [0.15, 0.2) is 0 Å². The first-order valence-electron chi connectivity index (χ1n) is 6.23. The van der Waals surface area contributed by atoms with Gasteiger partial charge < -0.3 is 9.64 Å². The molecule has 0 aromatic heterocycles. The highest BCUT2D eigenvalue weighted by Gasteiger charge is 2.14. The summed E-state index contributed by atoms with van der Waals surface area (Å²) >= 11 is 0. The molecule has 4 heteroatoms. The van der Waals surface area contributed by atoms with E-state index < -0.39 is 0 Å². The van der Waals surface area contributed by atoms with Crippen LogP contribution < -0.4 is 9.64 Å². The average Bonchev–Trinajstić information content (AvgIpc) is 2.99. The number of hydrogen-bond acceptors (Lipinski definition) is 4. The topological polar surface area (TPSA) is 60.0 Å². The van der Waals surface area contributed by atoms with Crippen molar-refractivity contribution >= 4 is 11.8 Å². The number of allylic oxidation sites excluding steroid dienone is 1. The van der Waals surface area contributed by atoms with Crippen molar-refractivity contribution in [1.82, 2.24) is 0 Å². The number of anilines is 1. The smallest absolute Gasteiger partial charge is 0.130 e. The lowest BCUT2D eigenvalue weighted by atomic mass is 10.1. The number of methoxy groups -OCH3 is 1. The zero-order chi connectivity index (χ0) is 13.7. The van der Waals surface area contributed by atoms with Crippen molar-refractivity contribution in [3.8, 4) is 17.9 Å². The fraction of sp³-hybridized carbons (Fsp3) is 0.333. The van der Waals surface area contributed by atoms with E-state index in [1.807, 2.05) is 30.3 Å². The Morgan fingerprint density at radius 2 is 1.95 bits per heavy atom. The maximum absolute atomic E-state index is 8.79. The molecule has 0 aliphatic carbocycles. The molecular formula is C15H15N3O. The zero-order valence-corrected chi connectivity index (χ0v) is 10.9. The molecular weight excluding hydrogens is 238 g/mol. The van der Waals surface area contributed by atoms with Crippen LogP contribution in [0.25, 0.3) is 6.08 Å². The van der Waals surface area contributed by atoms with Gasteiger partial charge in [0.05, 0.1) is 7.11 Å². The van der Waals surface area contributed by atoms with Gasteiger partial charge in [-0.15, -0.1) is 0 Å². The second-order valence-corrected chi connectivity index (χ2v) is 4.40. The summed E-state index contributed by atoms with van der Waals surface area (Å²) in [6.07, 6.45) is 3.99. The maximum atomic E-state index is 8.79. The zero-order valence-electron chi connectivity index (χ0n) is 10.9. The second kappa shape index (κ2) is 5.93. The van der Waals surface area contributed by atoms with E-state index in [1.165, 1.54) is 12.8 Å². The van der Waals surface area contributed by atoms with E-state index in [-0.39, 0.29) is 5.57 Å². The third-order valence-electron chi connectivity index (χ3n) is 3.23. The fourth-order valence-corrected chi connectivity index (χ4v) is 2.24. The number of nitriles is 2. The highest BCUT2D eigenvalue weighted by Crippen LogP contribution is 2.29. The molecule has 1 fully saturated rings. The maximum Gasteiger partial charge on any atom is 0.130 e. The minimum Gasteiger partial charge on any atom is -0.496 e. The quantitative estimate of drug-likeness (QED) is 0.777. The molecule has 1 saturated heterocycles. The molecule has 0 saturated carbocycles. The Morgan fingerprint density at radius 1 is 1.26 bits per heavy atom. The summed E-state index contributed by atoms with van der Waals surface area (Å²) in [5.74, 6) is 0.687. The molecule has 96 valence electrons. The Balaban J connectivity index is 2.34. The van der Waals surface area contributed by atoms with Gasteiger partial charge in [-0.25, -0.2) is 0 Å². The predicted molar refractivity (Wildman–Crippen MR) is 73.6 cm³/mol. The largest absolute Gasteiger partial charge is 0.496 e. The van der Waals surface area contributed by atoms with Crippen molar-refractivity contribution in [1.29, 1.82) is 10.5 Å². The van der Waals surface area contributed by atoms with Gasteiger partial charge in [0.2, 0.25) is 0 Å². The molecule has 2 rings (SSSR count). The fourth-order valence-electron chi connectivity index (χ4n) is 2.24. The molecule has 1 aromatic rings. The number of hydrogen-bond donors (Lipinski definition) is 0. The molecule has 0 unspecified atom stereocenters. The van der Waals surface area contributed by atoms with Crippen LogP contribution in [0, 0.1) is 22.7 Å². The Bertz CT molecular complexity index is 556. The van der Waals surface area contributed by atoms with E-state index in [4.69, 9.17) is 15.3 Å². The summed E-state index contributed by atoms with van der Waals surface area (Å²) in [6, 6.07) is 9.57. The van der Waals surface area contributed by atoms with Crippen LogP contribution in [0.3, 0.4) is 0 Å². The van der Waals surface area contributed by atoms with E-state index in [1.54, 1.807) is 13.2 Å². The average molecular weight is 253 g/mol. The molecule has 0 atom stereocenters. The Kier molecular flexibility index (Phi) is 4.05. The summed E-state index contributed by atoms with van der Waals surface area (Å²) < 4.78 is 5.35. The van der Waals surface area contributed by atoms with Crippen molar-refractivity contribution < 1.29 is 4.74 Å². The minimum atomic E-state index is 0.0761. The van der Waals surface area contributed by atoms with Crippen LogP contribution in [0.15, 0.2) is 23.8 Å². The van der Waals surface area contributed by atoms with E-state index in [2.05, 4.69) is 4.90 Å². The molecule has 0 radical (unpaired) electrons. The number of benzene rings is 1. The van der Waals surface area contributed by atoms with Gasteiger partial charge in [-0.2, -0.15) is 10.5 Å². The molecule has 1 heterocycles. The summed E-state index contributed by atoms with van der Waals surface area (Å²) in [5.41, 5.74) is 1.96. The first kappa shape index (κ1) is 13.0. The molecule has 4 nitrogen and oxygen atoms in total. The summed E-state index contributed by atoms with van der Waals surface area (Å²) in [5, 5.41) is 17.6. The Hall–Kier alpha value is -2.46. The monoisotopic (exact) mass is 253 g/mol. The lowest BCUT2D eigenvalue weighted by Gasteiger charge is -2.19. The third-order valence-corrected chi connectivity index (χ3v) is 3.23. The summed E-state index contributed by atoms with van der Waals surface area (Å²) in [6.45, 7) is 2.14. The van der Waals surface area contributed by atoms with Gasteiger partial charge in [-0.1, -0.05) is 0 Å².